The molecule has 1 amide bonds. The number of aromatic hydroxyl groups is 1. The highest BCUT2D eigenvalue weighted by molar-refractivity contribution is 9.10. The zero-order valence-electron chi connectivity index (χ0n) is 19.8. The molecular weight excluding hydrogens is 510 g/mol. The first kappa shape index (κ1) is 23.2. The van der Waals surface area contributed by atoms with Crippen LogP contribution in [0.25, 0.3) is 11.0 Å². The average Bonchev–Trinajstić information content (AvgIpc) is 3.10. The number of fused-ring (bicyclic) bond motifs is 2. The van der Waals surface area contributed by atoms with Crippen LogP contribution in [0, 0.1) is 20.8 Å². The van der Waals surface area contributed by atoms with Crippen molar-refractivity contribution in [2.24, 2.45) is 0 Å². The summed E-state index contributed by atoms with van der Waals surface area (Å²) in [6.07, 6.45) is 0. The van der Waals surface area contributed by atoms with E-state index in [4.69, 9.17) is 9.15 Å². The zero-order chi connectivity index (χ0) is 25.0. The van der Waals surface area contributed by atoms with Crippen LogP contribution in [-0.4, -0.2) is 23.0 Å². The zero-order valence-corrected chi connectivity index (χ0v) is 21.4. The van der Waals surface area contributed by atoms with Crippen LogP contribution in [0.4, 0.5) is 0 Å². The molecule has 7 heteroatoms. The van der Waals surface area contributed by atoms with Crippen molar-refractivity contribution in [1.29, 1.82) is 0 Å². The Hall–Kier alpha value is -3.58. The van der Waals surface area contributed by atoms with Gasteiger partial charge in [0.2, 0.25) is 5.76 Å². The van der Waals surface area contributed by atoms with E-state index >= 15 is 0 Å². The highest BCUT2D eigenvalue weighted by Crippen LogP contribution is 2.44. The smallest absolute Gasteiger partial charge is 0.291 e. The molecule has 2 heterocycles. The van der Waals surface area contributed by atoms with E-state index in [1.807, 2.05) is 51.1 Å². The van der Waals surface area contributed by atoms with Crippen LogP contribution >= 0.6 is 15.9 Å². The normalized spacial score (nSPS) is 15.1. The molecule has 1 aliphatic rings. The van der Waals surface area contributed by atoms with Gasteiger partial charge in [-0.25, -0.2) is 0 Å². The molecule has 0 saturated heterocycles. The van der Waals surface area contributed by atoms with Gasteiger partial charge in [-0.15, -0.1) is 0 Å². The molecule has 1 aromatic heterocycles. The van der Waals surface area contributed by atoms with Crippen molar-refractivity contribution in [1.82, 2.24) is 4.90 Å². The Balaban J connectivity index is 1.77. The molecule has 1 unspecified atom stereocenters. The second kappa shape index (κ2) is 8.57. The maximum atomic E-state index is 13.8. The Bertz CT molecular complexity index is 1560. The van der Waals surface area contributed by atoms with Crippen LogP contribution < -0.4 is 10.2 Å². The van der Waals surface area contributed by atoms with Gasteiger partial charge >= 0.3 is 0 Å². The van der Waals surface area contributed by atoms with Crippen molar-refractivity contribution in [3.8, 4) is 11.5 Å². The number of methoxy groups -OCH3 is 1. The molecule has 178 valence electrons. The fraction of sp³-hybridized carbons (Fsp3) is 0.214. The van der Waals surface area contributed by atoms with Gasteiger partial charge in [0, 0.05) is 6.54 Å². The SMILES string of the molecule is COc1cc(C2c3c(oc4cc(C)c(C)cc4c3=O)C(=O)N2Cc2ccc(C)cc2)cc(Br)c1O. The molecule has 0 spiro atoms. The molecule has 1 atom stereocenters. The topological polar surface area (TPSA) is 80.0 Å². The van der Waals surface area contributed by atoms with E-state index in [-0.39, 0.29) is 40.7 Å². The van der Waals surface area contributed by atoms with E-state index in [9.17, 15) is 14.7 Å². The molecule has 1 N–H and O–H groups in total. The van der Waals surface area contributed by atoms with Crippen LogP contribution in [0.15, 0.2) is 62.2 Å². The Morgan fingerprint density at radius 2 is 1.71 bits per heavy atom. The van der Waals surface area contributed by atoms with E-state index in [0.717, 1.165) is 22.3 Å². The van der Waals surface area contributed by atoms with Gasteiger partial charge in [-0.1, -0.05) is 29.8 Å². The number of ether oxygens (including phenoxy) is 1. The lowest BCUT2D eigenvalue weighted by molar-refractivity contribution is 0.0714. The third-order valence-electron chi connectivity index (χ3n) is 6.64. The largest absolute Gasteiger partial charge is 0.503 e. The summed E-state index contributed by atoms with van der Waals surface area (Å²) >= 11 is 3.38. The van der Waals surface area contributed by atoms with Gasteiger partial charge in [0.15, 0.2) is 16.9 Å². The number of benzene rings is 3. The van der Waals surface area contributed by atoms with Gasteiger partial charge in [-0.3, -0.25) is 9.59 Å². The average molecular weight is 534 g/mol. The minimum Gasteiger partial charge on any atom is -0.503 e. The van der Waals surface area contributed by atoms with Crippen molar-refractivity contribution in [2.45, 2.75) is 33.4 Å². The lowest BCUT2D eigenvalue weighted by Crippen LogP contribution is -2.29. The molecule has 0 radical (unpaired) electrons. The molecule has 5 rings (SSSR count). The van der Waals surface area contributed by atoms with Gasteiger partial charge in [0.1, 0.15) is 5.58 Å². The Kier molecular flexibility index (Phi) is 5.68. The fourth-order valence-electron chi connectivity index (χ4n) is 4.58. The number of phenolic OH excluding ortho intramolecular Hbond substituents is 1. The van der Waals surface area contributed by atoms with Crippen LogP contribution in [-0.2, 0) is 6.54 Å². The third kappa shape index (κ3) is 3.80. The number of phenols is 1. The minimum atomic E-state index is -0.716. The summed E-state index contributed by atoms with van der Waals surface area (Å²) in [4.78, 5) is 29.2. The summed E-state index contributed by atoms with van der Waals surface area (Å²) in [6.45, 7) is 6.16. The summed E-state index contributed by atoms with van der Waals surface area (Å²) in [5.41, 5.74) is 5.06. The molecule has 35 heavy (non-hydrogen) atoms. The molecule has 4 aromatic rings. The number of halogens is 1. The third-order valence-corrected chi connectivity index (χ3v) is 7.25. The summed E-state index contributed by atoms with van der Waals surface area (Å²) < 4.78 is 11.9. The minimum absolute atomic E-state index is 0.0472. The highest BCUT2D eigenvalue weighted by Gasteiger charge is 2.43. The number of nitrogens with zero attached hydrogens (tertiary/aromatic N) is 1. The van der Waals surface area contributed by atoms with E-state index in [1.165, 1.54) is 7.11 Å². The lowest BCUT2D eigenvalue weighted by Gasteiger charge is -2.26. The Labute approximate surface area is 210 Å². The maximum Gasteiger partial charge on any atom is 0.291 e. The number of rotatable bonds is 4. The van der Waals surface area contributed by atoms with E-state index in [0.29, 0.717) is 21.0 Å². The second-order valence-corrected chi connectivity index (χ2v) is 9.84. The van der Waals surface area contributed by atoms with E-state index < -0.39 is 6.04 Å². The van der Waals surface area contributed by atoms with E-state index in [2.05, 4.69) is 15.9 Å². The number of carbonyl (C=O) groups is 1. The predicted molar refractivity (Wildman–Crippen MR) is 137 cm³/mol. The highest BCUT2D eigenvalue weighted by atomic mass is 79.9. The molecule has 6 nitrogen and oxygen atoms in total. The molecule has 3 aromatic carbocycles. The Morgan fingerprint density at radius 3 is 2.40 bits per heavy atom. The van der Waals surface area contributed by atoms with Crippen molar-refractivity contribution in [3.63, 3.8) is 0 Å². The van der Waals surface area contributed by atoms with Gasteiger partial charge in [0.05, 0.1) is 28.6 Å². The first-order valence-corrected chi connectivity index (χ1v) is 12.0. The van der Waals surface area contributed by atoms with Crippen LogP contribution in [0.1, 0.15) is 50.0 Å². The molecule has 0 bridgehead atoms. The van der Waals surface area contributed by atoms with Crippen LogP contribution in [0.3, 0.4) is 0 Å². The van der Waals surface area contributed by atoms with Gasteiger partial charge in [-0.2, -0.15) is 0 Å². The number of hydrogen-bond donors (Lipinski definition) is 1. The predicted octanol–water partition coefficient (Wildman–Crippen LogP) is 5.94. The molecule has 0 aliphatic carbocycles. The first-order valence-electron chi connectivity index (χ1n) is 11.2. The standard InChI is InChI=1S/C28H24BrNO5/c1-14-5-7-17(8-6-14)13-30-24(18-11-20(29)26(32)22(12-18)34-4)23-25(31)19-9-15(2)16(3)10-21(19)35-27(23)28(30)33/h5-12,24,32H,13H2,1-4H3. The lowest BCUT2D eigenvalue weighted by atomic mass is 9.97. The van der Waals surface area contributed by atoms with Gasteiger partial charge in [0.25, 0.3) is 5.91 Å². The van der Waals surface area contributed by atoms with Crippen molar-refractivity contribution < 1.29 is 19.1 Å². The number of hydrogen-bond acceptors (Lipinski definition) is 5. The van der Waals surface area contributed by atoms with Gasteiger partial charge in [-0.05, 0) is 83.2 Å². The Morgan fingerprint density at radius 1 is 1.03 bits per heavy atom. The summed E-state index contributed by atoms with van der Waals surface area (Å²) in [6, 6.07) is 14.2. The molecule has 0 fully saturated rings. The van der Waals surface area contributed by atoms with Crippen LogP contribution in [0.2, 0.25) is 0 Å². The van der Waals surface area contributed by atoms with E-state index in [1.54, 1.807) is 23.1 Å². The maximum absolute atomic E-state index is 13.8. The fourth-order valence-corrected chi connectivity index (χ4v) is 5.04. The number of amides is 1. The second-order valence-electron chi connectivity index (χ2n) is 8.98. The first-order chi connectivity index (χ1) is 16.7. The van der Waals surface area contributed by atoms with Crippen molar-refractivity contribution in [2.75, 3.05) is 7.11 Å². The monoisotopic (exact) mass is 533 g/mol. The number of aryl methyl sites for hydroxylation is 3. The van der Waals surface area contributed by atoms with Gasteiger partial charge < -0.3 is 19.2 Å². The molecule has 0 saturated carbocycles. The summed E-state index contributed by atoms with van der Waals surface area (Å²) in [5.74, 6) is -0.123. The number of carbonyl (C=O) groups excluding carboxylic acids is 1. The summed E-state index contributed by atoms with van der Waals surface area (Å²) in [5, 5.41) is 10.8. The molecule has 1 aliphatic heterocycles. The van der Waals surface area contributed by atoms with Crippen molar-refractivity contribution in [3.05, 3.63) is 102 Å². The summed E-state index contributed by atoms with van der Waals surface area (Å²) in [7, 11) is 1.45. The van der Waals surface area contributed by atoms with Crippen LogP contribution in [0.5, 0.6) is 11.5 Å². The molecular formula is C28H24BrNO5. The van der Waals surface area contributed by atoms with Crippen molar-refractivity contribution >= 4 is 32.8 Å². The quantitative estimate of drug-likeness (QED) is 0.351.